The number of ether oxygens (including phenoxy) is 2. The second-order valence-corrected chi connectivity index (χ2v) is 1.58. The maximum absolute atomic E-state index is 9.69. The Labute approximate surface area is 59.7 Å². The zero-order valence-corrected chi connectivity index (χ0v) is 5.78. The molecule has 0 aliphatic carbocycles. The van der Waals surface area contributed by atoms with E-state index in [0.29, 0.717) is 26.1 Å². The summed E-state index contributed by atoms with van der Waals surface area (Å²) < 4.78 is 9.59. The number of carbonyl (C=O) groups excluding carboxylic acids is 1. The summed E-state index contributed by atoms with van der Waals surface area (Å²) in [7, 11) is 0. The quantitative estimate of drug-likeness (QED) is 0.380. The largest absolute Gasteiger partial charge is 0.394 e. The number of aliphatic hydroxyl groups excluding tert-OH is 1. The van der Waals surface area contributed by atoms with Crippen LogP contribution in [0.2, 0.25) is 0 Å². The van der Waals surface area contributed by atoms with E-state index < -0.39 is 0 Å². The molecule has 0 aliphatic heterocycles. The van der Waals surface area contributed by atoms with Crippen LogP contribution in [0.3, 0.4) is 0 Å². The van der Waals surface area contributed by atoms with Gasteiger partial charge in [0.1, 0.15) is 12.9 Å². The highest BCUT2D eigenvalue weighted by Crippen LogP contribution is 1.75. The number of hydrogen-bond donors (Lipinski definition) is 1. The topological polar surface area (TPSA) is 55.8 Å². The lowest BCUT2D eigenvalue weighted by Gasteiger charge is -2.00. The van der Waals surface area contributed by atoms with Crippen molar-refractivity contribution in [3.05, 3.63) is 0 Å². The second kappa shape index (κ2) is 8.55. The molecule has 0 saturated carbocycles. The lowest BCUT2D eigenvalue weighted by atomic mass is 10.7. The minimum absolute atomic E-state index is 0.0215. The van der Waals surface area contributed by atoms with Gasteiger partial charge in [0.05, 0.1) is 26.4 Å². The van der Waals surface area contributed by atoms with E-state index >= 15 is 0 Å². The Morgan fingerprint density at radius 1 is 1.20 bits per heavy atom. The summed E-state index contributed by atoms with van der Waals surface area (Å²) in [6.45, 7) is 1.29. The Morgan fingerprint density at radius 3 is 2.50 bits per heavy atom. The maximum atomic E-state index is 9.69. The molecule has 60 valence electrons. The highest BCUT2D eigenvalue weighted by Gasteiger charge is 1.86. The van der Waals surface area contributed by atoms with Gasteiger partial charge in [-0.2, -0.15) is 0 Å². The Hall–Kier alpha value is -0.450. The summed E-state index contributed by atoms with van der Waals surface area (Å²) in [6, 6.07) is 0. The molecular weight excluding hydrogens is 136 g/mol. The molecule has 0 aromatic rings. The zero-order valence-electron chi connectivity index (χ0n) is 5.78. The summed E-state index contributed by atoms with van der Waals surface area (Å²) in [5.74, 6) is 0. The summed E-state index contributed by atoms with van der Waals surface area (Å²) in [5, 5.41) is 8.25. The predicted octanol–water partition coefficient (Wildman–Crippen LogP) is -0.789. The second-order valence-electron chi connectivity index (χ2n) is 1.58. The van der Waals surface area contributed by atoms with Crippen LogP contribution in [-0.2, 0) is 14.3 Å². The molecule has 0 rings (SSSR count). The maximum Gasteiger partial charge on any atom is 0.145 e. The molecule has 0 aromatic heterocycles. The Bertz CT molecular complexity index is 74.1. The van der Waals surface area contributed by atoms with Crippen LogP contribution < -0.4 is 0 Å². The van der Waals surface area contributed by atoms with Crippen molar-refractivity contribution in [2.24, 2.45) is 0 Å². The Balaban J connectivity index is 2.70. The van der Waals surface area contributed by atoms with Crippen molar-refractivity contribution in [2.75, 3.05) is 33.0 Å². The van der Waals surface area contributed by atoms with Gasteiger partial charge >= 0.3 is 0 Å². The third kappa shape index (κ3) is 7.55. The molecule has 0 saturated heterocycles. The molecule has 0 amide bonds. The molecule has 0 aliphatic rings. The van der Waals surface area contributed by atoms with Crippen LogP contribution in [0, 0.1) is 0 Å². The van der Waals surface area contributed by atoms with Gasteiger partial charge in [-0.1, -0.05) is 0 Å². The van der Waals surface area contributed by atoms with Crippen LogP contribution in [0.4, 0.5) is 0 Å². The van der Waals surface area contributed by atoms with Gasteiger partial charge in [-0.25, -0.2) is 0 Å². The van der Waals surface area contributed by atoms with Gasteiger partial charge in [-0.05, 0) is 0 Å². The SMILES string of the molecule is O=CCOCCOCCO. The van der Waals surface area contributed by atoms with Gasteiger partial charge in [-0.15, -0.1) is 0 Å². The minimum Gasteiger partial charge on any atom is -0.394 e. The predicted molar refractivity (Wildman–Crippen MR) is 34.8 cm³/mol. The van der Waals surface area contributed by atoms with Gasteiger partial charge in [-0.3, -0.25) is 0 Å². The molecule has 4 heteroatoms. The molecule has 4 nitrogen and oxygen atoms in total. The Morgan fingerprint density at radius 2 is 1.90 bits per heavy atom. The first kappa shape index (κ1) is 9.55. The van der Waals surface area contributed by atoms with E-state index in [4.69, 9.17) is 14.6 Å². The normalized spacial score (nSPS) is 9.70. The molecular formula is C6H12O4. The van der Waals surface area contributed by atoms with Crippen molar-refractivity contribution in [3.8, 4) is 0 Å². The lowest BCUT2D eigenvalue weighted by molar-refractivity contribution is -0.112. The van der Waals surface area contributed by atoms with Gasteiger partial charge in [0.2, 0.25) is 0 Å². The summed E-state index contributed by atoms with van der Waals surface area (Å²) in [6.07, 6.45) is 0.687. The monoisotopic (exact) mass is 148 g/mol. The summed E-state index contributed by atoms with van der Waals surface area (Å²) in [4.78, 5) is 9.69. The molecule has 1 N–H and O–H groups in total. The minimum atomic E-state index is 0.0215. The molecule has 0 heterocycles. The zero-order chi connectivity index (χ0) is 7.66. The number of rotatable bonds is 7. The van der Waals surface area contributed by atoms with Crippen LogP contribution >= 0.6 is 0 Å². The van der Waals surface area contributed by atoms with E-state index in [2.05, 4.69) is 0 Å². The Kier molecular flexibility index (Phi) is 8.17. The van der Waals surface area contributed by atoms with Crippen LogP contribution in [-0.4, -0.2) is 44.4 Å². The fourth-order valence-electron chi connectivity index (χ4n) is 0.416. The molecule has 0 atom stereocenters. The van der Waals surface area contributed by atoms with E-state index in [1.54, 1.807) is 0 Å². The van der Waals surface area contributed by atoms with Gasteiger partial charge in [0.25, 0.3) is 0 Å². The molecule has 10 heavy (non-hydrogen) atoms. The molecule has 0 aromatic carbocycles. The average molecular weight is 148 g/mol. The summed E-state index contributed by atoms with van der Waals surface area (Å²) in [5.41, 5.74) is 0. The van der Waals surface area contributed by atoms with Crippen molar-refractivity contribution in [1.82, 2.24) is 0 Å². The number of hydrogen-bond acceptors (Lipinski definition) is 4. The summed E-state index contributed by atoms with van der Waals surface area (Å²) >= 11 is 0. The van der Waals surface area contributed by atoms with Gasteiger partial charge in [0, 0.05) is 0 Å². The molecule has 0 fully saturated rings. The van der Waals surface area contributed by atoms with Crippen molar-refractivity contribution in [1.29, 1.82) is 0 Å². The first-order valence-electron chi connectivity index (χ1n) is 3.11. The highest BCUT2D eigenvalue weighted by atomic mass is 16.5. The molecule has 0 radical (unpaired) electrons. The van der Waals surface area contributed by atoms with E-state index in [-0.39, 0.29) is 13.2 Å². The van der Waals surface area contributed by atoms with E-state index in [1.165, 1.54) is 0 Å². The number of aliphatic hydroxyl groups is 1. The average Bonchev–Trinajstić information content (AvgIpc) is 1.97. The van der Waals surface area contributed by atoms with Gasteiger partial charge < -0.3 is 19.4 Å². The lowest BCUT2D eigenvalue weighted by Crippen LogP contribution is -2.08. The smallest absolute Gasteiger partial charge is 0.145 e. The van der Waals surface area contributed by atoms with Crippen LogP contribution in [0.25, 0.3) is 0 Å². The highest BCUT2D eigenvalue weighted by molar-refractivity contribution is 5.50. The van der Waals surface area contributed by atoms with Crippen LogP contribution in [0.15, 0.2) is 0 Å². The fraction of sp³-hybridized carbons (Fsp3) is 0.833. The van der Waals surface area contributed by atoms with Crippen molar-refractivity contribution < 1.29 is 19.4 Å². The molecule has 0 unspecified atom stereocenters. The standard InChI is InChI=1S/C6H12O4/c7-1-3-9-5-6-10-4-2-8/h1,8H,2-6H2. The van der Waals surface area contributed by atoms with Crippen molar-refractivity contribution >= 4 is 6.29 Å². The first-order chi connectivity index (χ1) is 4.91. The van der Waals surface area contributed by atoms with E-state index in [1.807, 2.05) is 0 Å². The fourth-order valence-corrected chi connectivity index (χ4v) is 0.416. The molecule has 0 spiro atoms. The van der Waals surface area contributed by atoms with Crippen molar-refractivity contribution in [2.45, 2.75) is 0 Å². The van der Waals surface area contributed by atoms with Gasteiger partial charge in [0.15, 0.2) is 0 Å². The first-order valence-corrected chi connectivity index (χ1v) is 3.11. The molecule has 0 bridgehead atoms. The number of aldehydes is 1. The number of carbonyl (C=O) groups is 1. The van der Waals surface area contributed by atoms with Crippen LogP contribution in [0.5, 0.6) is 0 Å². The van der Waals surface area contributed by atoms with Crippen LogP contribution in [0.1, 0.15) is 0 Å². The third-order valence-electron chi connectivity index (χ3n) is 0.794. The van der Waals surface area contributed by atoms with E-state index in [0.717, 1.165) is 0 Å². The van der Waals surface area contributed by atoms with E-state index in [9.17, 15) is 4.79 Å². The van der Waals surface area contributed by atoms with Crippen molar-refractivity contribution in [3.63, 3.8) is 0 Å². The third-order valence-corrected chi connectivity index (χ3v) is 0.794.